The zero-order chi connectivity index (χ0) is 21.5. The Labute approximate surface area is 176 Å². The first-order chi connectivity index (χ1) is 14.4. The first-order valence-corrected chi connectivity index (χ1v) is 10.0. The van der Waals surface area contributed by atoms with Crippen LogP contribution in [0.3, 0.4) is 0 Å². The zero-order valence-electron chi connectivity index (χ0n) is 17.5. The molecule has 6 nitrogen and oxygen atoms in total. The standard InChI is InChI=1S/C24H27NO5/c1-16(2)30-24(27)15-21(18-6-8-20(28-3)9-7-18)25-23(26)11-5-17-4-10-22-19(14-17)12-13-29-22/h4-11,14,16,21H,12-13,15H2,1-3H3,(H,25,26). The Hall–Kier alpha value is -3.28. The van der Waals surface area contributed by atoms with Crippen molar-refractivity contribution in [3.63, 3.8) is 0 Å². The molecule has 2 aromatic carbocycles. The molecule has 158 valence electrons. The Morgan fingerprint density at radius 3 is 2.63 bits per heavy atom. The average molecular weight is 409 g/mol. The number of hydrogen-bond acceptors (Lipinski definition) is 5. The average Bonchev–Trinajstić information content (AvgIpc) is 3.19. The van der Waals surface area contributed by atoms with Crippen molar-refractivity contribution < 1.29 is 23.8 Å². The third kappa shape index (κ3) is 5.86. The van der Waals surface area contributed by atoms with Crippen molar-refractivity contribution in [1.82, 2.24) is 5.32 Å². The quantitative estimate of drug-likeness (QED) is 0.530. The molecule has 30 heavy (non-hydrogen) atoms. The zero-order valence-corrected chi connectivity index (χ0v) is 17.5. The Morgan fingerprint density at radius 1 is 1.17 bits per heavy atom. The molecule has 3 rings (SSSR count). The van der Waals surface area contributed by atoms with Gasteiger partial charge in [-0.3, -0.25) is 9.59 Å². The molecule has 0 saturated carbocycles. The number of ether oxygens (including phenoxy) is 3. The number of amides is 1. The first-order valence-electron chi connectivity index (χ1n) is 10.0. The van der Waals surface area contributed by atoms with Gasteiger partial charge < -0.3 is 19.5 Å². The van der Waals surface area contributed by atoms with E-state index in [0.717, 1.165) is 28.9 Å². The van der Waals surface area contributed by atoms with Gasteiger partial charge >= 0.3 is 5.97 Å². The second-order valence-corrected chi connectivity index (χ2v) is 7.38. The first kappa shape index (κ1) is 21.4. The summed E-state index contributed by atoms with van der Waals surface area (Å²) in [6.45, 7) is 4.28. The SMILES string of the molecule is COc1ccc(C(CC(=O)OC(C)C)NC(=O)C=Cc2ccc3c(c2)CCO3)cc1. The minimum atomic E-state index is -0.507. The van der Waals surface area contributed by atoms with E-state index in [1.807, 2.05) is 30.3 Å². The van der Waals surface area contributed by atoms with E-state index in [1.54, 1.807) is 39.2 Å². The Morgan fingerprint density at radius 2 is 1.93 bits per heavy atom. The lowest BCUT2D eigenvalue weighted by Crippen LogP contribution is -2.29. The lowest BCUT2D eigenvalue weighted by Gasteiger charge is -2.19. The van der Waals surface area contributed by atoms with Gasteiger partial charge in [-0.2, -0.15) is 0 Å². The van der Waals surface area contributed by atoms with Crippen LogP contribution in [0, 0.1) is 0 Å². The third-order valence-electron chi connectivity index (χ3n) is 4.71. The van der Waals surface area contributed by atoms with E-state index >= 15 is 0 Å². The molecule has 1 heterocycles. The smallest absolute Gasteiger partial charge is 0.308 e. The molecule has 1 N–H and O–H groups in total. The van der Waals surface area contributed by atoms with Gasteiger partial charge in [-0.15, -0.1) is 0 Å². The van der Waals surface area contributed by atoms with Crippen LogP contribution < -0.4 is 14.8 Å². The Kier molecular flexibility index (Phi) is 7.12. The van der Waals surface area contributed by atoms with Crippen molar-refractivity contribution in [3.05, 3.63) is 65.2 Å². The van der Waals surface area contributed by atoms with Crippen molar-refractivity contribution in [2.24, 2.45) is 0 Å². The summed E-state index contributed by atoms with van der Waals surface area (Å²) in [6.07, 6.45) is 3.93. The molecule has 0 aliphatic carbocycles. The fraction of sp³-hybridized carbons (Fsp3) is 0.333. The summed E-state index contributed by atoms with van der Waals surface area (Å²) in [5, 5.41) is 2.91. The summed E-state index contributed by atoms with van der Waals surface area (Å²) in [6, 6.07) is 12.6. The molecular weight excluding hydrogens is 382 g/mol. The summed E-state index contributed by atoms with van der Waals surface area (Å²) >= 11 is 0. The van der Waals surface area contributed by atoms with Gasteiger partial charge in [0, 0.05) is 12.5 Å². The van der Waals surface area contributed by atoms with Crippen LogP contribution in [-0.2, 0) is 20.7 Å². The van der Waals surface area contributed by atoms with Crippen LogP contribution in [0.1, 0.15) is 43.0 Å². The number of rotatable bonds is 8. The van der Waals surface area contributed by atoms with Crippen LogP contribution in [0.15, 0.2) is 48.5 Å². The third-order valence-corrected chi connectivity index (χ3v) is 4.71. The van der Waals surface area contributed by atoms with Gasteiger partial charge in [-0.05, 0) is 60.9 Å². The highest BCUT2D eigenvalue weighted by Crippen LogP contribution is 2.26. The number of hydrogen-bond donors (Lipinski definition) is 1. The normalized spacial score (nSPS) is 13.6. The van der Waals surface area contributed by atoms with Gasteiger partial charge in [0.1, 0.15) is 11.5 Å². The molecule has 1 atom stereocenters. The number of nitrogens with one attached hydrogen (secondary N) is 1. The molecular formula is C24H27NO5. The molecule has 0 radical (unpaired) electrons. The monoisotopic (exact) mass is 409 g/mol. The summed E-state index contributed by atoms with van der Waals surface area (Å²) in [5.74, 6) is 0.951. The molecule has 2 aromatic rings. The van der Waals surface area contributed by atoms with Crippen LogP contribution >= 0.6 is 0 Å². The largest absolute Gasteiger partial charge is 0.497 e. The van der Waals surface area contributed by atoms with Crippen LogP contribution in [0.5, 0.6) is 11.5 Å². The second kappa shape index (κ2) is 9.96. The minimum Gasteiger partial charge on any atom is -0.497 e. The molecule has 6 heteroatoms. The van der Waals surface area contributed by atoms with E-state index in [9.17, 15) is 9.59 Å². The van der Waals surface area contributed by atoms with Crippen molar-refractivity contribution in [2.45, 2.75) is 38.8 Å². The number of carbonyl (C=O) groups is 2. The number of carbonyl (C=O) groups excluding carboxylic acids is 2. The van der Waals surface area contributed by atoms with E-state index in [-0.39, 0.29) is 24.4 Å². The summed E-state index contributed by atoms with van der Waals surface area (Å²) in [7, 11) is 1.59. The number of methoxy groups -OCH3 is 1. The van der Waals surface area contributed by atoms with E-state index < -0.39 is 6.04 Å². The van der Waals surface area contributed by atoms with Gasteiger partial charge in [0.25, 0.3) is 0 Å². The maximum absolute atomic E-state index is 12.6. The molecule has 0 spiro atoms. The fourth-order valence-corrected chi connectivity index (χ4v) is 3.27. The van der Waals surface area contributed by atoms with Crippen LogP contribution in [0.25, 0.3) is 6.08 Å². The Balaban J connectivity index is 1.70. The van der Waals surface area contributed by atoms with Gasteiger partial charge in [-0.1, -0.05) is 18.2 Å². The van der Waals surface area contributed by atoms with Crippen molar-refractivity contribution in [3.8, 4) is 11.5 Å². The van der Waals surface area contributed by atoms with Crippen molar-refractivity contribution >= 4 is 18.0 Å². The second-order valence-electron chi connectivity index (χ2n) is 7.38. The molecule has 0 aromatic heterocycles. The summed E-state index contributed by atoms with van der Waals surface area (Å²) < 4.78 is 15.9. The Bertz CT molecular complexity index is 918. The van der Waals surface area contributed by atoms with Gasteiger partial charge in [-0.25, -0.2) is 0 Å². The summed E-state index contributed by atoms with van der Waals surface area (Å²) in [5.41, 5.74) is 2.87. The highest BCUT2D eigenvalue weighted by molar-refractivity contribution is 5.92. The van der Waals surface area contributed by atoms with Crippen molar-refractivity contribution in [2.75, 3.05) is 13.7 Å². The van der Waals surface area contributed by atoms with Crippen molar-refractivity contribution in [1.29, 1.82) is 0 Å². The van der Waals surface area contributed by atoms with Gasteiger partial charge in [0.15, 0.2) is 0 Å². The molecule has 1 unspecified atom stereocenters. The molecule has 0 saturated heterocycles. The van der Waals surface area contributed by atoms with E-state index in [1.165, 1.54) is 6.08 Å². The highest BCUT2D eigenvalue weighted by Gasteiger charge is 2.19. The van der Waals surface area contributed by atoms with Gasteiger partial charge in [0.2, 0.25) is 5.91 Å². The van der Waals surface area contributed by atoms with Gasteiger partial charge in [0.05, 0.1) is 32.3 Å². The molecule has 0 fully saturated rings. The number of benzene rings is 2. The molecule has 1 amide bonds. The van der Waals surface area contributed by atoms with Crippen LogP contribution in [0.2, 0.25) is 0 Å². The predicted molar refractivity (Wildman–Crippen MR) is 114 cm³/mol. The fourth-order valence-electron chi connectivity index (χ4n) is 3.27. The molecule has 0 bridgehead atoms. The summed E-state index contributed by atoms with van der Waals surface area (Å²) in [4.78, 5) is 24.8. The van der Waals surface area contributed by atoms with E-state index in [4.69, 9.17) is 14.2 Å². The lowest BCUT2D eigenvalue weighted by atomic mass is 10.0. The topological polar surface area (TPSA) is 73.9 Å². The number of fused-ring (bicyclic) bond motifs is 1. The predicted octanol–water partition coefficient (Wildman–Crippen LogP) is 3.84. The molecule has 1 aliphatic rings. The highest BCUT2D eigenvalue weighted by atomic mass is 16.5. The maximum atomic E-state index is 12.6. The van der Waals surface area contributed by atoms with E-state index in [2.05, 4.69) is 5.32 Å². The lowest BCUT2D eigenvalue weighted by molar-refractivity contribution is -0.148. The van der Waals surface area contributed by atoms with E-state index in [0.29, 0.717) is 12.4 Å². The number of esters is 1. The maximum Gasteiger partial charge on any atom is 0.308 e. The van der Waals surface area contributed by atoms with Crippen LogP contribution in [-0.4, -0.2) is 31.7 Å². The van der Waals surface area contributed by atoms with Crippen LogP contribution in [0.4, 0.5) is 0 Å². The molecule has 1 aliphatic heterocycles. The minimum absolute atomic E-state index is 0.0419.